The van der Waals surface area contributed by atoms with E-state index in [1.165, 1.54) is 6.07 Å². The van der Waals surface area contributed by atoms with Crippen molar-refractivity contribution in [2.75, 3.05) is 53.0 Å². The lowest BCUT2D eigenvalue weighted by Gasteiger charge is -2.34. The number of ether oxygens (including phenoxy) is 2. The Balaban J connectivity index is 1.29. The first kappa shape index (κ1) is 23.6. The number of rotatable bonds is 10. The first-order valence-corrected chi connectivity index (χ1v) is 11.4. The third kappa shape index (κ3) is 6.28. The first-order valence-electron chi connectivity index (χ1n) is 11.4. The molecule has 2 fully saturated rings. The van der Waals surface area contributed by atoms with Gasteiger partial charge in [-0.15, -0.1) is 0 Å². The van der Waals surface area contributed by atoms with Crippen LogP contribution in [0.4, 0.5) is 8.78 Å². The molecule has 2 aliphatic rings. The number of amides is 1. The standard InChI is InChI=1S/C25H31F2N3O3/c1-32-12-11-29-7-9-30(10-8-29)24(31)16-28-23-15-20(23)21-13-19(26)14-22(27)25(21)33-17-18-5-3-2-4-6-18/h2-6,13-14,20,23,28H,7-12,15-17H2,1H3. The highest BCUT2D eigenvalue weighted by molar-refractivity contribution is 5.78. The average molecular weight is 460 g/mol. The molecule has 0 spiro atoms. The second-order valence-corrected chi connectivity index (χ2v) is 8.63. The summed E-state index contributed by atoms with van der Waals surface area (Å²) in [4.78, 5) is 16.8. The van der Waals surface area contributed by atoms with Crippen LogP contribution in [-0.4, -0.2) is 74.7 Å². The van der Waals surface area contributed by atoms with Crippen LogP contribution in [0.5, 0.6) is 5.75 Å². The maximum absolute atomic E-state index is 14.5. The van der Waals surface area contributed by atoms with Gasteiger partial charge in [0.15, 0.2) is 11.6 Å². The number of nitrogens with zero attached hydrogens (tertiary/aromatic N) is 2. The summed E-state index contributed by atoms with van der Waals surface area (Å²) in [6, 6.07) is 11.7. The van der Waals surface area contributed by atoms with E-state index in [-0.39, 0.29) is 36.8 Å². The molecule has 33 heavy (non-hydrogen) atoms. The molecule has 0 bridgehead atoms. The minimum absolute atomic E-state index is 0.00258. The normalized spacial score (nSPS) is 20.6. The van der Waals surface area contributed by atoms with Crippen LogP contribution < -0.4 is 10.1 Å². The molecule has 1 N–H and O–H groups in total. The molecule has 1 amide bonds. The van der Waals surface area contributed by atoms with Crippen LogP contribution in [0.15, 0.2) is 42.5 Å². The van der Waals surface area contributed by atoms with Gasteiger partial charge >= 0.3 is 0 Å². The second-order valence-electron chi connectivity index (χ2n) is 8.63. The van der Waals surface area contributed by atoms with E-state index in [2.05, 4.69) is 10.2 Å². The van der Waals surface area contributed by atoms with Crippen molar-refractivity contribution in [1.82, 2.24) is 15.1 Å². The molecule has 1 aliphatic carbocycles. The Morgan fingerprint density at radius 1 is 1.12 bits per heavy atom. The molecule has 2 aromatic rings. The fourth-order valence-electron chi connectivity index (χ4n) is 4.27. The quantitative estimate of drug-likeness (QED) is 0.592. The van der Waals surface area contributed by atoms with Gasteiger partial charge in [0.2, 0.25) is 5.91 Å². The Labute approximate surface area is 193 Å². The third-order valence-corrected chi connectivity index (χ3v) is 6.31. The molecule has 2 unspecified atom stereocenters. The van der Waals surface area contributed by atoms with Crippen LogP contribution in [0.25, 0.3) is 0 Å². The topological polar surface area (TPSA) is 54.0 Å². The smallest absolute Gasteiger partial charge is 0.236 e. The van der Waals surface area contributed by atoms with Crippen LogP contribution in [0.2, 0.25) is 0 Å². The Hall–Kier alpha value is -2.55. The minimum Gasteiger partial charge on any atom is -0.486 e. The zero-order chi connectivity index (χ0) is 23.2. The molecule has 2 atom stereocenters. The molecule has 0 radical (unpaired) electrons. The molecular weight excluding hydrogens is 428 g/mol. The van der Waals surface area contributed by atoms with Gasteiger partial charge in [0.1, 0.15) is 12.4 Å². The van der Waals surface area contributed by atoms with Gasteiger partial charge in [0.05, 0.1) is 13.2 Å². The summed E-state index contributed by atoms with van der Waals surface area (Å²) >= 11 is 0. The summed E-state index contributed by atoms with van der Waals surface area (Å²) in [6.45, 7) is 5.07. The highest BCUT2D eigenvalue weighted by Crippen LogP contribution is 2.46. The van der Waals surface area contributed by atoms with Crippen molar-refractivity contribution in [2.45, 2.75) is 25.0 Å². The molecule has 178 valence electrons. The van der Waals surface area contributed by atoms with Crippen molar-refractivity contribution in [2.24, 2.45) is 0 Å². The summed E-state index contributed by atoms with van der Waals surface area (Å²) < 4.78 is 39.4. The highest BCUT2D eigenvalue weighted by atomic mass is 19.1. The summed E-state index contributed by atoms with van der Waals surface area (Å²) in [5.74, 6) is -1.26. The lowest BCUT2D eigenvalue weighted by atomic mass is 10.1. The van der Waals surface area contributed by atoms with Crippen molar-refractivity contribution in [1.29, 1.82) is 0 Å². The summed E-state index contributed by atoms with van der Waals surface area (Å²) in [5, 5.41) is 3.26. The molecule has 0 aromatic heterocycles. The van der Waals surface area contributed by atoms with Gasteiger partial charge in [-0.05, 0) is 18.1 Å². The average Bonchev–Trinajstić information content (AvgIpc) is 3.61. The number of piperazine rings is 1. The van der Waals surface area contributed by atoms with E-state index in [4.69, 9.17) is 9.47 Å². The summed E-state index contributed by atoms with van der Waals surface area (Å²) in [5.41, 5.74) is 1.42. The molecule has 1 heterocycles. The van der Waals surface area contributed by atoms with E-state index >= 15 is 0 Å². The molecule has 8 heteroatoms. The van der Waals surface area contributed by atoms with E-state index < -0.39 is 11.6 Å². The van der Waals surface area contributed by atoms with Gasteiger partial charge in [0, 0.05) is 63.4 Å². The number of carbonyl (C=O) groups excluding carboxylic acids is 1. The first-order chi connectivity index (χ1) is 16.0. The van der Waals surface area contributed by atoms with E-state index in [0.717, 1.165) is 31.3 Å². The van der Waals surface area contributed by atoms with Gasteiger partial charge in [-0.1, -0.05) is 30.3 Å². The fraction of sp³-hybridized carbons (Fsp3) is 0.480. The van der Waals surface area contributed by atoms with Crippen LogP contribution in [0.1, 0.15) is 23.5 Å². The number of methoxy groups -OCH3 is 1. The largest absolute Gasteiger partial charge is 0.486 e. The van der Waals surface area contributed by atoms with Crippen LogP contribution >= 0.6 is 0 Å². The summed E-state index contributed by atoms with van der Waals surface area (Å²) in [7, 11) is 1.69. The summed E-state index contributed by atoms with van der Waals surface area (Å²) in [6.07, 6.45) is 0.711. The monoisotopic (exact) mass is 459 g/mol. The lowest BCUT2D eigenvalue weighted by Crippen LogP contribution is -2.51. The van der Waals surface area contributed by atoms with E-state index in [1.54, 1.807) is 7.11 Å². The fourth-order valence-corrected chi connectivity index (χ4v) is 4.27. The zero-order valence-corrected chi connectivity index (χ0v) is 18.9. The number of hydrogen-bond donors (Lipinski definition) is 1. The van der Waals surface area contributed by atoms with Crippen LogP contribution in [0, 0.1) is 11.6 Å². The van der Waals surface area contributed by atoms with Crippen molar-refractivity contribution >= 4 is 5.91 Å². The maximum Gasteiger partial charge on any atom is 0.236 e. The predicted octanol–water partition coefficient (Wildman–Crippen LogP) is 2.78. The van der Waals surface area contributed by atoms with Crippen LogP contribution in [0.3, 0.4) is 0 Å². The van der Waals surface area contributed by atoms with Crippen molar-refractivity contribution < 1.29 is 23.0 Å². The van der Waals surface area contributed by atoms with Crippen molar-refractivity contribution in [3.8, 4) is 5.75 Å². The second kappa shape index (κ2) is 11.0. The van der Waals surface area contributed by atoms with Crippen molar-refractivity contribution in [3.63, 3.8) is 0 Å². The number of hydrogen-bond acceptors (Lipinski definition) is 5. The number of nitrogens with one attached hydrogen (secondary N) is 1. The SMILES string of the molecule is COCCN1CCN(C(=O)CNC2CC2c2cc(F)cc(F)c2OCc2ccccc2)CC1. The molecule has 6 nitrogen and oxygen atoms in total. The van der Waals surface area contributed by atoms with Gasteiger partial charge in [-0.25, -0.2) is 8.78 Å². The van der Waals surface area contributed by atoms with Crippen molar-refractivity contribution in [3.05, 3.63) is 65.2 Å². The molecule has 2 aromatic carbocycles. The molecule has 4 rings (SSSR count). The minimum atomic E-state index is -0.700. The van der Waals surface area contributed by atoms with Gasteiger partial charge in [-0.3, -0.25) is 9.69 Å². The lowest BCUT2D eigenvalue weighted by molar-refractivity contribution is -0.132. The molecule has 1 saturated heterocycles. The van der Waals surface area contributed by atoms with E-state index in [1.807, 2.05) is 35.2 Å². The zero-order valence-electron chi connectivity index (χ0n) is 18.9. The van der Waals surface area contributed by atoms with E-state index in [0.29, 0.717) is 31.7 Å². The van der Waals surface area contributed by atoms with Gasteiger partial charge in [0.25, 0.3) is 0 Å². The Bertz CT molecular complexity index is 936. The Morgan fingerprint density at radius 2 is 1.88 bits per heavy atom. The Morgan fingerprint density at radius 3 is 2.61 bits per heavy atom. The third-order valence-electron chi connectivity index (χ3n) is 6.31. The number of benzene rings is 2. The number of carbonyl (C=O) groups is 1. The Kier molecular flexibility index (Phi) is 7.90. The van der Waals surface area contributed by atoms with Gasteiger partial charge in [-0.2, -0.15) is 0 Å². The predicted molar refractivity (Wildman–Crippen MR) is 121 cm³/mol. The molecular formula is C25H31F2N3O3. The molecule has 1 aliphatic heterocycles. The molecule has 1 saturated carbocycles. The van der Waals surface area contributed by atoms with Crippen LogP contribution in [-0.2, 0) is 16.1 Å². The van der Waals surface area contributed by atoms with Gasteiger partial charge < -0.3 is 19.7 Å². The van der Waals surface area contributed by atoms with E-state index in [9.17, 15) is 13.6 Å². The highest BCUT2D eigenvalue weighted by Gasteiger charge is 2.41. The maximum atomic E-state index is 14.5. The number of halogens is 2.